The molecule has 0 fully saturated rings. The molecule has 0 aliphatic heterocycles. The first-order valence-electron chi connectivity index (χ1n) is 30.0. The van der Waals surface area contributed by atoms with Crippen LogP contribution in [-0.4, -0.2) is 29.1 Å². The first-order valence-corrected chi connectivity index (χ1v) is 30.0. The molecule has 11 aromatic carbocycles. The first-order chi connectivity index (χ1) is 47.1. The Labute approximate surface area is 549 Å². The van der Waals surface area contributed by atoms with E-state index in [1.165, 1.54) is 0 Å². The summed E-state index contributed by atoms with van der Waals surface area (Å²) in [5.74, 6) is 1.38. The van der Waals surface area contributed by atoms with E-state index >= 15 is 0 Å². The lowest BCUT2D eigenvalue weighted by Crippen LogP contribution is -2.04. The van der Waals surface area contributed by atoms with Gasteiger partial charge in [-0.3, -0.25) is 4.98 Å². The summed E-state index contributed by atoms with van der Waals surface area (Å²) in [5.41, 5.74) is 17.0. The average molecular weight is 1220 g/mol. The van der Waals surface area contributed by atoms with Crippen LogP contribution < -0.4 is 0 Å². The molecule has 0 bridgehead atoms. The van der Waals surface area contributed by atoms with E-state index < -0.39 is 0 Å². The largest absolute Gasteiger partial charge is 0.309 e. The zero-order chi connectivity index (χ0) is 65.6. The van der Waals surface area contributed by atoms with E-state index in [1.807, 2.05) is 121 Å². The molecule has 0 spiro atoms. The van der Waals surface area contributed by atoms with Gasteiger partial charge in [-0.05, 0) is 172 Å². The highest BCUT2D eigenvalue weighted by atomic mass is 15.0. The van der Waals surface area contributed by atoms with Gasteiger partial charge >= 0.3 is 0 Å². The molecule has 15 rings (SSSR count). The van der Waals surface area contributed by atoms with Crippen LogP contribution in [-0.2, 0) is 0 Å². The van der Waals surface area contributed by atoms with Crippen LogP contribution >= 0.6 is 0 Å². The number of nitriles is 4. The molecule has 438 valence electrons. The van der Waals surface area contributed by atoms with Crippen LogP contribution in [0.4, 0.5) is 22.7 Å². The lowest BCUT2D eigenvalue weighted by atomic mass is 9.97. The Hall–Kier alpha value is -14.9. The number of hydrogen-bond acceptors (Lipinski definition) is 8. The second kappa shape index (κ2) is 23.8. The van der Waals surface area contributed by atoms with Crippen molar-refractivity contribution in [1.82, 2.24) is 29.1 Å². The normalized spacial score (nSPS) is 10.8. The monoisotopic (exact) mass is 1220 g/mol. The molecule has 0 saturated carbocycles. The van der Waals surface area contributed by atoms with Crippen LogP contribution in [0.2, 0.25) is 0 Å². The van der Waals surface area contributed by atoms with Crippen molar-refractivity contribution in [2.24, 2.45) is 0 Å². The van der Waals surface area contributed by atoms with Gasteiger partial charge in [0.1, 0.15) is 0 Å². The van der Waals surface area contributed by atoms with Crippen molar-refractivity contribution in [3.63, 3.8) is 0 Å². The highest BCUT2D eigenvalue weighted by molar-refractivity contribution is 6.14. The smallest absolute Gasteiger partial charge is 0.189 e. The number of pyridine rings is 1. The van der Waals surface area contributed by atoms with E-state index in [1.54, 1.807) is 79.0 Å². The predicted molar refractivity (Wildman–Crippen MR) is 374 cm³/mol. The summed E-state index contributed by atoms with van der Waals surface area (Å²) < 4.78 is 4.40. The maximum atomic E-state index is 10.1. The van der Waals surface area contributed by atoms with Crippen LogP contribution in [0.25, 0.3) is 164 Å². The molecule has 0 aliphatic rings. The van der Waals surface area contributed by atoms with E-state index in [9.17, 15) is 21.0 Å². The lowest BCUT2D eigenvalue weighted by Gasteiger charge is -2.19. The molecular weight excluding hydrogens is 1180 g/mol. The summed E-state index contributed by atoms with van der Waals surface area (Å²) in [6.07, 6.45) is 3.61. The number of benzene rings is 11. The molecule has 4 aromatic heterocycles. The zero-order valence-corrected chi connectivity index (χ0v) is 50.4. The van der Waals surface area contributed by atoms with Crippen molar-refractivity contribution in [3.8, 4) is 125 Å². The summed E-state index contributed by atoms with van der Waals surface area (Å²) in [5, 5.41) is 43.8. The van der Waals surface area contributed by atoms with Gasteiger partial charge in [0, 0.05) is 66.7 Å². The van der Waals surface area contributed by atoms with Crippen molar-refractivity contribution in [2.75, 3.05) is 0 Å². The van der Waals surface area contributed by atoms with Crippen molar-refractivity contribution in [2.45, 2.75) is 0 Å². The zero-order valence-electron chi connectivity index (χ0n) is 50.4. The van der Waals surface area contributed by atoms with E-state index in [2.05, 4.69) is 95.3 Å². The van der Waals surface area contributed by atoms with Crippen LogP contribution in [0.5, 0.6) is 0 Å². The quantitative estimate of drug-likeness (QED) is 0.122. The van der Waals surface area contributed by atoms with Crippen molar-refractivity contribution in [3.05, 3.63) is 311 Å². The molecule has 0 radical (unpaired) electrons. The second-order valence-corrected chi connectivity index (χ2v) is 22.7. The third-order valence-electron chi connectivity index (χ3n) is 17.1. The van der Waals surface area contributed by atoms with Gasteiger partial charge < -0.3 is 9.13 Å². The highest BCUT2D eigenvalue weighted by Gasteiger charge is 2.25. The summed E-state index contributed by atoms with van der Waals surface area (Å²) in [6, 6.07) is 81.5. The van der Waals surface area contributed by atoms with E-state index in [-0.39, 0.29) is 0 Å². The number of rotatable bonds is 10. The molecule has 0 amide bonds. The molecule has 14 heteroatoms. The molecule has 96 heavy (non-hydrogen) atoms. The Bertz CT molecular complexity index is 5750. The fourth-order valence-electron chi connectivity index (χ4n) is 12.7. The van der Waals surface area contributed by atoms with Crippen LogP contribution in [0, 0.1) is 71.6 Å². The number of aromatic nitrogens is 6. The fraction of sp³-hybridized carbons (Fsp3) is 0. The number of fused-ring (bicyclic) bond motifs is 6. The van der Waals surface area contributed by atoms with Gasteiger partial charge in [-0.25, -0.2) is 34.3 Å². The Kier molecular flexibility index (Phi) is 14.3. The topological polar surface area (TPSA) is 174 Å². The van der Waals surface area contributed by atoms with Crippen molar-refractivity contribution in [1.29, 1.82) is 21.0 Å². The number of hydrogen-bond donors (Lipinski definition) is 0. The fourth-order valence-corrected chi connectivity index (χ4v) is 12.7. The van der Waals surface area contributed by atoms with Crippen molar-refractivity contribution < 1.29 is 0 Å². The maximum Gasteiger partial charge on any atom is 0.189 e. The minimum absolute atomic E-state index is 0.327. The van der Waals surface area contributed by atoms with Crippen LogP contribution in [0.1, 0.15) is 22.3 Å². The third kappa shape index (κ3) is 10.2. The van der Waals surface area contributed by atoms with E-state index in [0.717, 1.165) is 93.8 Å². The molecular formula is C82H40N14. The SMILES string of the molecule is [C-]#[N+]c1cc(C#N)cc(-c2ccc3c(c2)c2cc(-c4cc([N+]#[C-])cc([N+]#[C-])c4)ccc2n3-c2ccc(-c3nc(-c4ccccc4)nc(-c4ccccc4)n3)cc2-c2ccncc2-n2c3ccc(-c4cc(C#N)cc(C#N)c4)cc3c3cc(-c4cc(C#N)cc([N+]#[C-])c4)ccc32)c1. The van der Waals surface area contributed by atoms with Gasteiger partial charge in [-0.15, -0.1) is 0 Å². The molecule has 0 N–H and O–H groups in total. The molecule has 4 heterocycles. The third-order valence-corrected chi connectivity index (χ3v) is 17.1. The Balaban J connectivity index is 1.03. The summed E-state index contributed by atoms with van der Waals surface area (Å²) >= 11 is 0. The van der Waals surface area contributed by atoms with Gasteiger partial charge in [0.2, 0.25) is 0 Å². The van der Waals surface area contributed by atoms with Crippen LogP contribution in [0.15, 0.2) is 243 Å². The van der Waals surface area contributed by atoms with Gasteiger partial charge in [-0.2, -0.15) is 21.0 Å². The summed E-state index contributed by atoms with van der Waals surface area (Å²) in [4.78, 5) is 35.2. The summed E-state index contributed by atoms with van der Waals surface area (Å²) in [7, 11) is 0. The van der Waals surface area contributed by atoms with Gasteiger partial charge in [0.25, 0.3) is 0 Å². The first kappa shape index (κ1) is 57.5. The molecule has 15 aromatic rings. The maximum absolute atomic E-state index is 10.1. The van der Waals surface area contributed by atoms with E-state index in [0.29, 0.717) is 96.0 Å². The van der Waals surface area contributed by atoms with Crippen molar-refractivity contribution >= 4 is 66.4 Å². The minimum Gasteiger partial charge on any atom is -0.309 e. The Morgan fingerprint density at radius 2 is 0.646 bits per heavy atom. The Morgan fingerprint density at radius 3 is 1.05 bits per heavy atom. The molecule has 0 atom stereocenters. The minimum atomic E-state index is 0.327. The van der Waals surface area contributed by atoms with Gasteiger partial charge in [0.05, 0.1) is 101 Å². The molecule has 14 nitrogen and oxygen atoms in total. The van der Waals surface area contributed by atoms with Gasteiger partial charge in [-0.1, -0.05) is 103 Å². The molecule has 0 saturated heterocycles. The Morgan fingerprint density at radius 1 is 0.292 bits per heavy atom. The second-order valence-electron chi connectivity index (χ2n) is 22.7. The van der Waals surface area contributed by atoms with Crippen LogP contribution in [0.3, 0.4) is 0 Å². The highest BCUT2D eigenvalue weighted by Crippen LogP contribution is 2.46. The predicted octanol–water partition coefficient (Wildman–Crippen LogP) is 20.5. The summed E-state index contributed by atoms with van der Waals surface area (Å²) in [6.45, 7) is 31.7. The molecule has 0 aliphatic carbocycles. The average Bonchev–Trinajstić information content (AvgIpc) is 1.57. The lowest BCUT2D eigenvalue weighted by molar-refractivity contribution is 1.07. The molecule has 0 unspecified atom stereocenters. The standard InChI is InChI=1S/C82H40N14/c1-87-64-32-51(46-85)30-61(34-64)56-16-20-75-70(39-56)71-41-58(63-36-66(89-3)43-67(37-63)90-4)18-21-76(71)95(75)74-24-19-59(82-93-80(53-11-7-5-8-12-53)92-81(94-82)54-13-9-6-10-14-54)42-69(74)68-25-26-91-48-79(68)96-77-22-15-55(60-28-49(44-83)27-50(29-60)45-84)38-72(77)73-40-57(17-23-78(73)96)62-31-52(47-86)33-65(35-62)88-2/h5-43,48H. The number of nitrogens with zero attached hydrogens (tertiary/aromatic N) is 14. The van der Waals surface area contributed by atoms with E-state index in [4.69, 9.17) is 46.2 Å². The van der Waals surface area contributed by atoms with Gasteiger partial charge in [0.15, 0.2) is 40.2 Å².